The molecule has 140 valence electrons. The molecule has 4 heteroatoms. The monoisotopic (exact) mass is 348 g/mol. The van der Waals surface area contributed by atoms with E-state index >= 15 is 0 Å². The molecule has 0 unspecified atom stereocenters. The van der Waals surface area contributed by atoms with Crippen molar-refractivity contribution in [2.24, 2.45) is 5.41 Å². The van der Waals surface area contributed by atoms with Crippen LogP contribution >= 0.6 is 0 Å². The van der Waals surface area contributed by atoms with E-state index in [1.165, 1.54) is 16.7 Å². The molecule has 25 heavy (non-hydrogen) atoms. The second-order valence-corrected chi connectivity index (χ2v) is 8.07. The van der Waals surface area contributed by atoms with Crippen LogP contribution in [0.2, 0.25) is 0 Å². The van der Waals surface area contributed by atoms with Gasteiger partial charge in [-0.15, -0.1) is 0 Å². The SMILES string of the molecule is Cc1c(CCCC(C)(C)OC=O)cccc1CCCC(C)(C)C(=O)O. The number of hydrogen-bond donors (Lipinski definition) is 1. The predicted octanol–water partition coefficient (Wildman–Crippen LogP) is 4.70. The first-order chi connectivity index (χ1) is 11.6. The Kier molecular flexibility index (Phi) is 7.65. The molecular weight excluding hydrogens is 316 g/mol. The maximum Gasteiger partial charge on any atom is 0.309 e. The highest BCUT2D eigenvalue weighted by atomic mass is 16.5. The predicted molar refractivity (Wildman–Crippen MR) is 99.7 cm³/mol. The third kappa shape index (κ3) is 6.89. The van der Waals surface area contributed by atoms with E-state index in [0.29, 0.717) is 12.9 Å². The van der Waals surface area contributed by atoms with Crippen molar-refractivity contribution >= 4 is 12.4 Å². The quantitative estimate of drug-likeness (QED) is 0.589. The summed E-state index contributed by atoms with van der Waals surface area (Å²) in [5.74, 6) is -0.738. The van der Waals surface area contributed by atoms with E-state index in [2.05, 4.69) is 25.1 Å². The normalized spacial score (nSPS) is 12.0. The number of carbonyl (C=O) groups excluding carboxylic acids is 1. The Morgan fingerprint density at radius 1 is 1.08 bits per heavy atom. The lowest BCUT2D eigenvalue weighted by Crippen LogP contribution is -2.23. The van der Waals surface area contributed by atoms with Gasteiger partial charge in [0.05, 0.1) is 5.41 Å². The number of carboxylic acids is 1. The number of aryl methyl sites for hydroxylation is 2. The molecule has 1 rings (SSSR count). The van der Waals surface area contributed by atoms with Crippen LogP contribution in [0.5, 0.6) is 0 Å². The largest absolute Gasteiger partial charge is 0.481 e. The molecule has 0 heterocycles. The van der Waals surface area contributed by atoms with E-state index in [0.717, 1.165) is 32.1 Å². The van der Waals surface area contributed by atoms with Crippen molar-refractivity contribution in [3.05, 3.63) is 34.9 Å². The van der Waals surface area contributed by atoms with Crippen LogP contribution < -0.4 is 0 Å². The molecule has 0 aromatic heterocycles. The Bertz CT molecular complexity index is 588. The Morgan fingerprint density at radius 2 is 1.60 bits per heavy atom. The van der Waals surface area contributed by atoms with Crippen molar-refractivity contribution in [2.75, 3.05) is 0 Å². The molecule has 0 saturated carbocycles. The van der Waals surface area contributed by atoms with Crippen molar-refractivity contribution in [1.29, 1.82) is 0 Å². The second kappa shape index (κ2) is 9.02. The van der Waals surface area contributed by atoms with Crippen LogP contribution in [0.4, 0.5) is 0 Å². The van der Waals surface area contributed by atoms with Crippen LogP contribution in [0.3, 0.4) is 0 Å². The fourth-order valence-electron chi connectivity index (χ4n) is 3.00. The summed E-state index contributed by atoms with van der Waals surface area (Å²) in [5.41, 5.74) is 2.81. The molecule has 0 radical (unpaired) electrons. The number of aliphatic carboxylic acids is 1. The van der Waals surface area contributed by atoms with Gasteiger partial charge in [0, 0.05) is 0 Å². The van der Waals surface area contributed by atoms with Gasteiger partial charge >= 0.3 is 5.97 Å². The van der Waals surface area contributed by atoms with E-state index in [-0.39, 0.29) is 0 Å². The summed E-state index contributed by atoms with van der Waals surface area (Å²) in [6.45, 7) is 10.1. The Hall–Kier alpha value is -1.84. The lowest BCUT2D eigenvalue weighted by Gasteiger charge is -2.22. The van der Waals surface area contributed by atoms with Gasteiger partial charge in [-0.25, -0.2) is 0 Å². The fourth-order valence-corrected chi connectivity index (χ4v) is 3.00. The van der Waals surface area contributed by atoms with Crippen LogP contribution in [-0.4, -0.2) is 23.1 Å². The van der Waals surface area contributed by atoms with Gasteiger partial charge in [0.15, 0.2) is 0 Å². The van der Waals surface area contributed by atoms with Gasteiger partial charge in [-0.1, -0.05) is 18.2 Å². The Morgan fingerprint density at radius 3 is 2.08 bits per heavy atom. The third-order valence-corrected chi connectivity index (χ3v) is 4.98. The first-order valence-electron chi connectivity index (χ1n) is 9.01. The highest BCUT2D eigenvalue weighted by Gasteiger charge is 2.26. The van der Waals surface area contributed by atoms with Crippen molar-refractivity contribution in [1.82, 2.24) is 0 Å². The van der Waals surface area contributed by atoms with E-state index < -0.39 is 17.0 Å². The first-order valence-corrected chi connectivity index (χ1v) is 9.01. The summed E-state index contributed by atoms with van der Waals surface area (Å²) in [4.78, 5) is 21.7. The van der Waals surface area contributed by atoms with Crippen LogP contribution in [0.1, 0.15) is 70.1 Å². The lowest BCUT2D eigenvalue weighted by molar-refractivity contribution is -0.147. The molecule has 4 nitrogen and oxygen atoms in total. The van der Waals surface area contributed by atoms with Crippen LogP contribution in [0.15, 0.2) is 18.2 Å². The molecule has 0 spiro atoms. The van der Waals surface area contributed by atoms with Gasteiger partial charge < -0.3 is 9.84 Å². The number of hydrogen-bond acceptors (Lipinski definition) is 3. The number of ether oxygens (including phenoxy) is 1. The van der Waals surface area contributed by atoms with Crippen molar-refractivity contribution in [3.8, 4) is 0 Å². The average molecular weight is 348 g/mol. The Balaban J connectivity index is 2.60. The minimum absolute atomic E-state index is 0.421. The van der Waals surface area contributed by atoms with Gasteiger partial charge in [0.1, 0.15) is 5.60 Å². The van der Waals surface area contributed by atoms with Crippen LogP contribution in [0.25, 0.3) is 0 Å². The summed E-state index contributed by atoms with van der Waals surface area (Å²) < 4.78 is 5.10. The number of carbonyl (C=O) groups is 2. The molecule has 1 aromatic rings. The molecule has 1 aromatic carbocycles. The summed E-state index contributed by atoms with van der Waals surface area (Å²) in [6.07, 6.45) is 5.16. The Labute approximate surface area is 151 Å². The standard InChI is InChI=1S/C21H32O4/c1-16-17(11-7-13-20(2,3)19(23)24)9-6-10-18(16)12-8-14-21(4,5)25-15-22/h6,9-10,15H,7-8,11-14H2,1-5H3,(H,23,24). The van der Waals surface area contributed by atoms with Gasteiger partial charge in [-0.05, 0) is 89.8 Å². The summed E-state index contributed by atoms with van der Waals surface area (Å²) in [5, 5.41) is 9.21. The molecule has 0 saturated heterocycles. The molecule has 0 amide bonds. The fraction of sp³-hybridized carbons (Fsp3) is 0.619. The number of benzene rings is 1. The van der Waals surface area contributed by atoms with Crippen molar-refractivity contribution < 1.29 is 19.4 Å². The maximum absolute atomic E-state index is 11.2. The average Bonchev–Trinajstić information content (AvgIpc) is 2.50. The van der Waals surface area contributed by atoms with E-state index in [4.69, 9.17) is 4.74 Å². The number of carboxylic acid groups (broad SMARTS) is 1. The van der Waals surface area contributed by atoms with Crippen molar-refractivity contribution in [3.63, 3.8) is 0 Å². The van der Waals surface area contributed by atoms with E-state index in [9.17, 15) is 14.7 Å². The third-order valence-electron chi connectivity index (χ3n) is 4.98. The zero-order valence-electron chi connectivity index (χ0n) is 16.2. The lowest BCUT2D eigenvalue weighted by atomic mass is 9.86. The topological polar surface area (TPSA) is 63.6 Å². The van der Waals surface area contributed by atoms with Crippen LogP contribution in [-0.2, 0) is 27.2 Å². The van der Waals surface area contributed by atoms with Crippen molar-refractivity contribution in [2.45, 2.75) is 78.7 Å². The van der Waals surface area contributed by atoms with Gasteiger partial charge in [0.25, 0.3) is 6.47 Å². The molecule has 0 fully saturated rings. The van der Waals surface area contributed by atoms with Gasteiger partial charge in [-0.2, -0.15) is 0 Å². The molecule has 0 bridgehead atoms. The van der Waals surface area contributed by atoms with Crippen LogP contribution in [0, 0.1) is 12.3 Å². The highest BCUT2D eigenvalue weighted by Crippen LogP contribution is 2.26. The number of rotatable bonds is 11. The zero-order valence-corrected chi connectivity index (χ0v) is 16.2. The summed E-state index contributed by atoms with van der Waals surface area (Å²) in [6, 6.07) is 6.35. The minimum Gasteiger partial charge on any atom is -0.481 e. The van der Waals surface area contributed by atoms with Gasteiger partial charge in [0.2, 0.25) is 0 Å². The smallest absolute Gasteiger partial charge is 0.309 e. The maximum atomic E-state index is 11.2. The molecule has 0 aliphatic carbocycles. The molecule has 0 atom stereocenters. The highest BCUT2D eigenvalue weighted by molar-refractivity contribution is 5.73. The zero-order chi connectivity index (χ0) is 19.1. The molecule has 1 N–H and O–H groups in total. The first kappa shape index (κ1) is 21.2. The van der Waals surface area contributed by atoms with E-state index in [1.807, 2.05) is 13.8 Å². The second-order valence-electron chi connectivity index (χ2n) is 8.07. The molecular formula is C21H32O4. The molecule has 0 aliphatic heterocycles. The summed E-state index contributed by atoms with van der Waals surface area (Å²) in [7, 11) is 0. The van der Waals surface area contributed by atoms with E-state index in [1.54, 1.807) is 13.8 Å². The molecule has 0 aliphatic rings. The minimum atomic E-state index is -0.738. The summed E-state index contributed by atoms with van der Waals surface area (Å²) >= 11 is 0. The van der Waals surface area contributed by atoms with Gasteiger partial charge in [-0.3, -0.25) is 9.59 Å².